The molecule has 1 aromatic carbocycles. The van der Waals surface area contributed by atoms with Crippen LogP contribution in [0.1, 0.15) is 64.8 Å². The second kappa shape index (κ2) is 15.5. The van der Waals surface area contributed by atoms with Crippen LogP contribution in [0.25, 0.3) is 10.9 Å². The lowest BCUT2D eigenvalue weighted by Crippen LogP contribution is -2.41. The van der Waals surface area contributed by atoms with Crippen LogP contribution < -0.4 is 0 Å². The van der Waals surface area contributed by atoms with Crippen LogP contribution in [-0.4, -0.2) is 45.4 Å². The molecule has 1 amide bonds. The first-order chi connectivity index (χ1) is 12.8. The minimum Gasteiger partial charge on any atom is -0.346 e. The lowest BCUT2D eigenvalue weighted by molar-refractivity contribution is -0.132. The lowest BCUT2D eigenvalue weighted by Gasteiger charge is -2.37. The second-order valence-electron chi connectivity index (χ2n) is 8.49. The fourth-order valence-electron chi connectivity index (χ4n) is 4.96. The molecule has 1 aliphatic heterocycles. The maximum Gasteiger partial charge on any atom is 0.220 e. The van der Waals surface area contributed by atoms with E-state index in [2.05, 4.69) is 73.4 Å². The second-order valence-corrected chi connectivity index (χ2v) is 8.49. The molecule has 0 N–H and O–H groups in total. The first-order valence-electron chi connectivity index (χ1n) is 10.4. The number of rotatable bonds is 6. The number of halogens is 5. The van der Waals surface area contributed by atoms with Crippen molar-refractivity contribution in [2.45, 2.75) is 72.0 Å². The molecular weight excluding hydrogens is 512 g/mol. The van der Waals surface area contributed by atoms with E-state index >= 15 is 0 Å². The highest BCUT2D eigenvalue weighted by Crippen LogP contribution is 2.38. The molecule has 1 aliphatic rings. The van der Waals surface area contributed by atoms with E-state index in [-0.39, 0.29) is 74.0 Å². The Morgan fingerprint density at radius 2 is 1.59 bits per heavy atom. The molecular formula is C23H40Cl5N3O. The molecule has 0 saturated carbocycles. The zero-order chi connectivity index (χ0) is 19.7. The van der Waals surface area contributed by atoms with Gasteiger partial charge in [-0.2, -0.15) is 0 Å². The van der Waals surface area contributed by atoms with Crippen molar-refractivity contribution in [3.63, 3.8) is 0 Å². The van der Waals surface area contributed by atoms with E-state index in [1.165, 1.54) is 22.2 Å². The van der Waals surface area contributed by atoms with Crippen LogP contribution in [0.2, 0.25) is 0 Å². The van der Waals surface area contributed by atoms with Gasteiger partial charge >= 0.3 is 0 Å². The van der Waals surface area contributed by atoms with Gasteiger partial charge in [0.15, 0.2) is 0 Å². The molecule has 0 fully saturated rings. The van der Waals surface area contributed by atoms with Crippen LogP contribution in [0.4, 0.5) is 0 Å². The Kier molecular flexibility index (Phi) is 17.6. The molecule has 188 valence electrons. The molecule has 0 radical (unpaired) electrons. The van der Waals surface area contributed by atoms with E-state index in [1.54, 1.807) is 6.92 Å². The maximum absolute atomic E-state index is 12.4. The highest BCUT2D eigenvalue weighted by Gasteiger charge is 2.33. The van der Waals surface area contributed by atoms with E-state index in [4.69, 9.17) is 0 Å². The quantitative estimate of drug-likeness (QED) is 0.403. The van der Waals surface area contributed by atoms with E-state index in [9.17, 15) is 4.79 Å². The first kappa shape index (κ1) is 36.2. The minimum absolute atomic E-state index is 0. The summed E-state index contributed by atoms with van der Waals surface area (Å²) in [5.41, 5.74) is 4.07. The Hall–Kier alpha value is -0.360. The molecule has 0 aliphatic carbocycles. The summed E-state index contributed by atoms with van der Waals surface area (Å²) in [6, 6.07) is 9.94. The van der Waals surface area contributed by atoms with Crippen molar-refractivity contribution in [2.75, 3.05) is 13.1 Å². The van der Waals surface area contributed by atoms with Crippen LogP contribution in [0.15, 0.2) is 24.3 Å². The summed E-state index contributed by atoms with van der Waals surface area (Å²) >= 11 is 0. The molecule has 0 saturated heterocycles. The molecule has 9 heteroatoms. The Morgan fingerprint density at radius 3 is 2.12 bits per heavy atom. The van der Waals surface area contributed by atoms with Crippen molar-refractivity contribution in [3.8, 4) is 0 Å². The largest absolute Gasteiger partial charge is 0.346 e. The number of nitrogens with zero attached hydrogens (tertiary/aromatic N) is 3. The van der Waals surface area contributed by atoms with E-state index in [0.717, 1.165) is 32.4 Å². The Balaban J connectivity index is -0.00000168. The number of benzene rings is 1. The number of carbonyl (C=O) groups is 1. The molecule has 1 unspecified atom stereocenters. The molecule has 2 heterocycles. The maximum atomic E-state index is 12.4. The van der Waals surface area contributed by atoms with E-state index in [0.29, 0.717) is 12.1 Å². The summed E-state index contributed by atoms with van der Waals surface area (Å²) < 4.78 is 2.33. The molecule has 1 aromatic heterocycles. The summed E-state index contributed by atoms with van der Waals surface area (Å²) in [5.74, 6) is 0.195. The normalized spacial score (nSPS) is 14.7. The summed E-state index contributed by atoms with van der Waals surface area (Å²) in [6.45, 7) is 12.7. The van der Waals surface area contributed by atoms with Gasteiger partial charge in [0.05, 0.1) is 6.04 Å². The molecule has 3 rings (SSSR count). The van der Waals surface area contributed by atoms with Gasteiger partial charge in [-0.25, -0.2) is 0 Å². The van der Waals surface area contributed by atoms with Crippen LogP contribution in [0.3, 0.4) is 0 Å². The van der Waals surface area contributed by atoms with Crippen molar-refractivity contribution in [1.82, 2.24) is 14.4 Å². The standard InChI is InChI=1S/C23H35N3O.5ClH/c1-16(2)25(17(3)4)14-9-12-22-23-20(13-15-26(22)18(5)27)19-10-7-8-11-21(19)24(23)6;;;;;/h7-8,10-11,16-17,22H,9,12-15H2,1-6H3;5*1H. The number of hydrogen-bond acceptors (Lipinski definition) is 2. The van der Waals surface area contributed by atoms with Gasteiger partial charge in [-0.3, -0.25) is 9.69 Å². The van der Waals surface area contributed by atoms with Crippen molar-refractivity contribution >= 4 is 78.8 Å². The summed E-state index contributed by atoms with van der Waals surface area (Å²) in [4.78, 5) is 17.0. The average molecular weight is 552 g/mol. The van der Waals surface area contributed by atoms with Gasteiger partial charge in [-0.15, -0.1) is 62.0 Å². The fourth-order valence-corrected chi connectivity index (χ4v) is 4.96. The number of aryl methyl sites for hydroxylation is 1. The van der Waals surface area contributed by atoms with Crippen LogP contribution in [0, 0.1) is 0 Å². The van der Waals surface area contributed by atoms with E-state index < -0.39 is 0 Å². The summed E-state index contributed by atoms with van der Waals surface area (Å²) in [6.07, 6.45) is 3.08. The number of aromatic nitrogens is 1. The third-order valence-corrected chi connectivity index (χ3v) is 6.18. The third-order valence-electron chi connectivity index (χ3n) is 6.18. The SMILES string of the molecule is CC(=O)N1CCc2c(n(C)c3ccccc23)C1CCCN(C(C)C)C(C)C.Cl.Cl.Cl.Cl.Cl. The van der Waals surface area contributed by atoms with Gasteiger partial charge in [0.2, 0.25) is 5.91 Å². The van der Waals surface area contributed by atoms with Crippen molar-refractivity contribution in [1.29, 1.82) is 0 Å². The number of fused-ring (bicyclic) bond motifs is 3. The topological polar surface area (TPSA) is 28.5 Å². The van der Waals surface area contributed by atoms with Gasteiger partial charge in [0.25, 0.3) is 0 Å². The van der Waals surface area contributed by atoms with Gasteiger partial charge in [-0.05, 0) is 65.1 Å². The van der Waals surface area contributed by atoms with Crippen LogP contribution in [-0.2, 0) is 18.3 Å². The van der Waals surface area contributed by atoms with Crippen LogP contribution >= 0.6 is 62.0 Å². The van der Waals surface area contributed by atoms with Crippen molar-refractivity contribution in [2.24, 2.45) is 7.05 Å². The first-order valence-corrected chi connectivity index (χ1v) is 10.4. The highest BCUT2D eigenvalue weighted by molar-refractivity contribution is 5.87. The third kappa shape index (κ3) is 7.32. The smallest absolute Gasteiger partial charge is 0.220 e. The number of para-hydroxylation sites is 1. The average Bonchev–Trinajstić information content (AvgIpc) is 2.91. The summed E-state index contributed by atoms with van der Waals surface area (Å²) in [5, 5.41) is 1.36. The summed E-state index contributed by atoms with van der Waals surface area (Å²) in [7, 11) is 2.16. The highest BCUT2D eigenvalue weighted by atomic mass is 35.5. The van der Waals surface area contributed by atoms with Crippen LogP contribution in [0.5, 0.6) is 0 Å². The Bertz CT molecular complexity index is 817. The number of hydrogen-bond donors (Lipinski definition) is 0. The predicted molar refractivity (Wildman–Crippen MR) is 149 cm³/mol. The number of amides is 1. The van der Waals surface area contributed by atoms with Crippen molar-refractivity contribution < 1.29 is 4.79 Å². The van der Waals surface area contributed by atoms with Gasteiger partial charge < -0.3 is 9.47 Å². The Morgan fingerprint density at radius 1 is 1.03 bits per heavy atom. The molecule has 32 heavy (non-hydrogen) atoms. The van der Waals surface area contributed by atoms with E-state index in [1.807, 2.05) is 0 Å². The fraction of sp³-hybridized carbons (Fsp3) is 0.609. The molecule has 4 nitrogen and oxygen atoms in total. The molecule has 2 aromatic rings. The van der Waals surface area contributed by atoms with Gasteiger partial charge in [-0.1, -0.05) is 18.2 Å². The Labute approximate surface area is 224 Å². The van der Waals surface area contributed by atoms with Crippen molar-refractivity contribution in [3.05, 3.63) is 35.5 Å². The minimum atomic E-state index is 0. The molecule has 0 bridgehead atoms. The van der Waals surface area contributed by atoms with Gasteiger partial charge in [0.1, 0.15) is 0 Å². The lowest BCUT2D eigenvalue weighted by atomic mass is 9.94. The molecule has 0 spiro atoms. The molecule has 1 atom stereocenters. The van der Waals surface area contributed by atoms with Gasteiger partial charge in [0, 0.05) is 49.2 Å². The zero-order valence-corrected chi connectivity index (χ0v) is 24.0. The number of carbonyl (C=O) groups excluding carboxylic acids is 1. The predicted octanol–water partition coefficient (Wildman–Crippen LogP) is 6.63. The monoisotopic (exact) mass is 549 g/mol. The zero-order valence-electron chi connectivity index (χ0n) is 19.9.